The van der Waals surface area contributed by atoms with Crippen molar-refractivity contribution in [2.45, 2.75) is 31.5 Å². The predicted molar refractivity (Wildman–Crippen MR) is 146 cm³/mol. The highest BCUT2D eigenvalue weighted by molar-refractivity contribution is 5.98. The number of likely N-dealkylation sites (tertiary alicyclic amines) is 1. The van der Waals surface area contributed by atoms with Crippen molar-refractivity contribution >= 4 is 11.8 Å². The molecule has 2 heterocycles. The zero-order valence-corrected chi connectivity index (χ0v) is 21.6. The average Bonchev–Trinajstić information content (AvgIpc) is 3.42. The molecule has 2 aliphatic rings. The van der Waals surface area contributed by atoms with E-state index < -0.39 is 6.04 Å². The average molecular weight is 515 g/mol. The lowest BCUT2D eigenvalue weighted by molar-refractivity contribution is -0.135. The van der Waals surface area contributed by atoms with Crippen LogP contribution in [-0.2, 0) is 17.8 Å². The predicted octanol–water partition coefficient (Wildman–Crippen LogP) is 3.59. The first kappa shape index (κ1) is 26.1. The van der Waals surface area contributed by atoms with Crippen molar-refractivity contribution in [2.75, 3.05) is 39.3 Å². The SMILES string of the molecule is O=C(C1CC(N(CCc2ccccc2)Cc2ccccc2)CN1C(=O)c1ccc(F)cc1)N1CCNCC1. The van der Waals surface area contributed by atoms with Crippen molar-refractivity contribution in [3.05, 3.63) is 107 Å². The van der Waals surface area contributed by atoms with Crippen LogP contribution in [0.3, 0.4) is 0 Å². The number of hydrogen-bond acceptors (Lipinski definition) is 4. The summed E-state index contributed by atoms with van der Waals surface area (Å²) in [5.74, 6) is -0.597. The summed E-state index contributed by atoms with van der Waals surface area (Å²) < 4.78 is 13.6. The number of benzene rings is 3. The normalized spacial score (nSPS) is 19.6. The summed E-state index contributed by atoms with van der Waals surface area (Å²) in [6.07, 6.45) is 1.46. The highest BCUT2D eigenvalue weighted by atomic mass is 19.1. The van der Waals surface area contributed by atoms with E-state index in [-0.39, 0.29) is 23.7 Å². The molecule has 2 amide bonds. The standard InChI is InChI=1S/C31H35FN4O2/c32-27-13-11-26(12-14-27)30(37)36-23-28(21-29(36)31(38)34-19-16-33-17-20-34)35(22-25-9-5-2-6-10-25)18-15-24-7-3-1-4-8-24/h1-14,28-29,33H,15-23H2. The molecule has 0 saturated carbocycles. The number of nitrogens with one attached hydrogen (secondary N) is 1. The van der Waals surface area contributed by atoms with Crippen LogP contribution in [0.4, 0.5) is 4.39 Å². The molecule has 2 atom stereocenters. The number of carbonyl (C=O) groups excluding carboxylic acids is 2. The van der Waals surface area contributed by atoms with E-state index in [1.165, 1.54) is 35.4 Å². The Bertz CT molecular complexity index is 1200. The molecule has 0 bridgehead atoms. The van der Waals surface area contributed by atoms with Gasteiger partial charge in [0, 0.05) is 57.4 Å². The van der Waals surface area contributed by atoms with Gasteiger partial charge in [-0.3, -0.25) is 14.5 Å². The van der Waals surface area contributed by atoms with Gasteiger partial charge >= 0.3 is 0 Å². The van der Waals surface area contributed by atoms with Gasteiger partial charge in [-0.25, -0.2) is 4.39 Å². The number of nitrogens with zero attached hydrogens (tertiary/aromatic N) is 3. The van der Waals surface area contributed by atoms with E-state index in [1.807, 2.05) is 29.2 Å². The van der Waals surface area contributed by atoms with Crippen LogP contribution in [0.5, 0.6) is 0 Å². The maximum atomic E-state index is 13.7. The number of carbonyl (C=O) groups is 2. The van der Waals surface area contributed by atoms with E-state index in [9.17, 15) is 14.0 Å². The van der Waals surface area contributed by atoms with Gasteiger partial charge in [0.25, 0.3) is 5.91 Å². The Morgan fingerprint density at radius 2 is 1.50 bits per heavy atom. The van der Waals surface area contributed by atoms with Crippen molar-refractivity contribution in [2.24, 2.45) is 0 Å². The van der Waals surface area contributed by atoms with Crippen molar-refractivity contribution in [3.8, 4) is 0 Å². The van der Waals surface area contributed by atoms with Gasteiger partial charge in [-0.15, -0.1) is 0 Å². The van der Waals surface area contributed by atoms with E-state index >= 15 is 0 Å². The first-order valence-corrected chi connectivity index (χ1v) is 13.5. The molecule has 2 unspecified atom stereocenters. The Labute approximate surface area is 224 Å². The molecular weight excluding hydrogens is 479 g/mol. The summed E-state index contributed by atoms with van der Waals surface area (Å²) in [7, 11) is 0. The molecular formula is C31H35FN4O2. The zero-order valence-electron chi connectivity index (χ0n) is 21.6. The van der Waals surface area contributed by atoms with Gasteiger partial charge in [0.15, 0.2) is 0 Å². The lowest BCUT2D eigenvalue weighted by Crippen LogP contribution is -2.53. The third-order valence-electron chi connectivity index (χ3n) is 7.62. The van der Waals surface area contributed by atoms with Crippen LogP contribution in [0.15, 0.2) is 84.9 Å². The fraction of sp³-hybridized carbons (Fsp3) is 0.355. The molecule has 2 aliphatic heterocycles. The van der Waals surface area contributed by atoms with E-state index in [1.54, 1.807) is 4.90 Å². The van der Waals surface area contributed by atoms with Crippen LogP contribution in [0.1, 0.15) is 27.9 Å². The maximum Gasteiger partial charge on any atom is 0.254 e. The lowest BCUT2D eigenvalue weighted by atomic mass is 10.1. The molecule has 5 rings (SSSR count). The Balaban J connectivity index is 1.40. The van der Waals surface area contributed by atoms with Crippen LogP contribution in [0.25, 0.3) is 0 Å². The van der Waals surface area contributed by atoms with Gasteiger partial charge in [-0.1, -0.05) is 60.7 Å². The Morgan fingerprint density at radius 1 is 0.868 bits per heavy atom. The maximum absolute atomic E-state index is 13.7. The highest BCUT2D eigenvalue weighted by Crippen LogP contribution is 2.28. The second kappa shape index (κ2) is 12.3. The molecule has 3 aromatic rings. The second-order valence-corrected chi connectivity index (χ2v) is 10.1. The number of piperazine rings is 1. The molecule has 7 heteroatoms. The summed E-state index contributed by atoms with van der Waals surface area (Å²) in [6, 6.07) is 25.8. The molecule has 0 radical (unpaired) electrons. The van der Waals surface area contributed by atoms with Crippen molar-refractivity contribution in [1.29, 1.82) is 0 Å². The monoisotopic (exact) mass is 514 g/mol. The van der Waals surface area contributed by atoms with Crippen LogP contribution in [0, 0.1) is 5.82 Å². The lowest BCUT2D eigenvalue weighted by Gasteiger charge is -2.32. The Hall–Kier alpha value is -3.55. The summed E-state index contributed by atoms with van der Waals surface area (Å²) >= 11 is 0. The van der Waals surface area contributed by atoms with Crippen LogP contribution >= 0.6 is 0 Å². The van der Waals surface area contributed by atoms with Gasteiger partial charge in [0.2, 0.25) is 5.91 Å². The second-order valence-electron chi connectivity index (χ2n) is 10.1. The van der Waals surface area contributed by atoms with Gasteiger partial charge in [0.1, 0.15) is 11.9 Å². The molecule has 0 spiro atoms. The summed E-state index contributed by atoms with van der Waals surface area (Å²) in [4.78, 5) is 33.4. The molecule has 2 fully saturated rings. The van der Waals surface area contributed by atoms with Crippen molar-refractivity contribution in [1.82, 2.24) is 20.0 Å². The minimum atomic E-state index is -0.536. The van der Waals surface area contributed by atoms with Crippen molar-refractivity contribution in [3.63, 3.8) is 0 Å². The molecule has 0 aromatic heterocycles. The number of rotatable bonds is 8. The smallest absolute Gasteiger partial charge is 0.254 e. The molecule has 0 aliphatic carbocycles. The topological polar surface area (TPSA) is 55.9 Å². The van der Waals surface area contributed by atoms with E-state index in [0.717, 1.165) is 32.6 Å². The first-order valence-electron chi connectivity index (χ1n) is 13.5. The van der Waals surface area contributed by atoms with Crippen LogP contribution in [-0.4, -0.2) is 77.9 Å². The Morgan fingerprint density at radius 3 is 2.16 bits per heavy atom. The largest absolute Gasteiger partial charge is 0.338 e. The van der Waals surface area contributed by atoms with E-state index in [4.69, 9.17) is 0 Å². The fourth-order valence-corrected chi connectivity index (χ4v) is 5.52. The molecule has 6 nitrogen and oxygen atoms in total. The van der Waals surface area contributed by atoms with E-state index in [2.05, 4.69) is 46.6 Å². The number of halogens is 1. The molecule has 198 valence electrons. The van der Waals surface area contributed by atoms with Gasteiger partial charge in [-0.05, 0) is 48.2 Å². The van der Waals surface area contributed by atoms with Gasteiger partial charge in [0.05, 0.1) is 0 Å². The molecule has 1 N–H and O–H groups in total. The highest BCUT2D eigenvalue weighted by Gasteiger charge is 2.43. The first-order chi connectivity index (χ1) is 18.6. The minimum absolute atomic E-state index is 0.00665. The molecule has 38 heavy (non-hydrogen) atoms. The third kappa shape index (κ3) is 6.29. The molecule has 3 aromatic carbocycles. The quantitative estimate of drug-likeness (QED) is 0.499. The number of amides is 2. The number of hydrogen-bond donors (Lipinski definition) is 1. The Kier molecular flexibility index (Phi) is 8.46. The van der Waals surface area contributed by atoms with Crippen LogP contribution in [0.2, 0.25) is 0 Å². The van der Waals surface area contributed by atoms with Crippen molar-refractivity contribution < 1.29 is 14.0 Å². The minimum Gasteiger partial charge on any atom is -0.338 e. The molecule has 2 saturated heterocycles. The van der Waals surface area contributed by atoms with Gasteiger partial charge in [-0.2, -0.15) is 0 Å². The summed E-state index contributed by atoms with van der Waals surface area (Å²) in [5.41, 5.74) is 2.87. The zero-order chi connectivity index (χ0) is 26.3. The van der Waals surface area contributed by atoms with Gasteiger partial charge < -0.3 is 15.1 Å². The van der Waals surface area contributed by atoms with Crippen LogP contribution < -0.4 is 5.32 Å². The third-order valence-corrected chi connectivity index (χ3v) is 7.62. The summed E-state index contributed by atoms with van der Waals surface area (Å²) in [5, 5.41) is 3.29. The van der Waals surface area contributed by atoms with E-state index in [0.29, 0.717) is 31.6 Å². The fourth-order valence-electron chi connectivity index (χ4n) is 5.52. The summed E-state index contributed by atoms with van der Waals surface area (Å²) in [6.45, 7) is 4.80.